The molecule has 25 heavy (non-hydrogen) atoms. The first kappa shape index (κ1) is 21.0. The van der Waals surface area contributed by atoms with E-state index in [2.05, 4.69) is 29.0 Å². The molecule has 1 heterocycles. The maximum atomic E-state index is 4.70. The number of guanidine groups is 1. The summed E-state index contributed by atoms with van der Waals surface area (Å²) < 4.78 is 0. The largest absolute Gasteiger partial charge is 0.354 e. The third-order valence-electron chi connectivity index (χ3n) is 6.05. The number of rotatable bonds is 6. The molecule has 2 unspecified atom stereocenters. The van der Waals surface area contributed by atoms with Gasteiger partial charge in [0.25, 0.3) is 0 Å². The first-order chi connectivity index (χ1) is 11.8. The van der Waals surface area contributed by atoms with Crippen molar-refractivity contribution in [1.82, 2.24) is 15.5 Å². The minimum atomic E-state index is 0. The SMILES string of the molecule is C=CCN1CCC(NC(=NCC)NC2CC2C2CCCCC2)CC1.I. The van der Waals surface area contributed by atoms with Gasteiger partial charge in [-0.1, -0.05) is 38.2 Å². The number of hydrogen-bond donors (Lipinski definition) is 2. The summed E-state index contributed by atoms with van der Waals surface area (Å²) in [5, 5.41) is 7.43. The summed E-state index contributed by atoms with van der Waals surface area (Å²) in [5.74, 6) is 2.94. The van der Waals surface area contributed by atoms with Crippen LogP contribution in [0, 0.1) is 11.8 Å². The van der Waals surface area contributed by atoms with E-state index in [4.69, 9.17) is 4.99 Å². The Morgan fingerprint density at radius 1 is 1.12 bits per heavy atom. The Balaban J connectivity index is 0.00000225. The van der Waals surface area contributed by atoms with Gasteiger partial charge in [-0.2, -0.15) is 0 Å². The topological polar surface area (TPSA) is 39.7 Å². The average Bonchev–Trinajstić information content (AvgIpc) is 3.37. The lowest BCUT2D eigenvalue weighted by Crippen LogP contribution is -2.49. The van der Waals surface area contributed by atoms with Gasteiger partial charge >= 0.3 is 0 Å². The van der Waals surface area contributed by atoms with E-state index in [-0.39, 0.29) is 24.0 Å². The Kier molecular flexibility index (Phi) is 9.03. The van der Waals surface area contributed by atoms with E-state index in [9.17, 15) is 0 Å². The minimum Gasteiger partial charge on any atom is -0.354 e. The maximum absolute atomic E-state index is 4.70. The number of aliphatic imine (C=N–C) groups is 1. The van der Waals surface area contributed by atoms with Crippen LogP contribution in [0.15, 0.2) is 17.6 Å². The van der Waals surface area contributed by atoms with Crippen molar-refractivity contribution in [2.45, 2.75) is 70.4 Å². The Bertz CT molecular complexity index is 425. The van der Waals surface area contributed by atoms with Crippen LogP contribution in [0.4, 0.5) is 0 Å². The van der Waals surface area contributed by atoms with Crippen molar-refractivity contribution in [1.29, 1.82) is 0 Å². The predicted molar refractivity (Wildman–Crippen MR) is 118 cm³/mol. The molecule has 2 saturated carbocycles. The molecule has 144 valence electrons. The van der Waals surface area contributed by atoms with Crippen molar-refractivity contribution in [3.63, 3.8) is 0 Å². The Morgan fingerprint density at radius 3 is 2.48 bits per heavy atom. The summed E-state index contributed by atoms with van der Waals surface area (Å²) in [7, 11) is 0. The van der Waals surface area contributed by atoms with Crippen molar-refractivity contribution in [2.75, 3.05) is 26.2 Å². The lowest BCUT2D eigenvalue weighted by atomic mass is 9.85. The van der Waals surface area contributed by atoms with Crippen molar-refractivity contribution >= 4 is 29.9 Å². The summed E-state index contributed by atoms with van der Waals surface area (Å²) >= 11 is 0. The van der Waals surface area contributed by atoms with Crippen LogP contribution in [0.2, 0.25) is 0 Å². The van der Waals surface area contributed by atoms with Crippen molar-refractivity contribution < 1.29 is 0 Å². The van der Waals surface area contributed by atoms with Crippen molar-refractivity contribution in [3.05, 3.63) is 12.7 Å². The molecule has 4 nitrogen and oxygen atoms in total. The molecule has 3 aliphatic rings. The second-order valence-corrected chi connectivity index (χ2v) is 7.88. The standard InChI is InChI=1S/C20H36N4.HI/c1-3-12-24-13-10-17(11-14-24)22-20(21-4-2)23-19-15-18(19)16-8-6-5-7-9-16;/h3,16-19H,1,4-15H2,2H3,(H2,21,22,23);1H. The van der Waals surface area contributed by atoms with E-state index in [0.29, 0.717) is 12.1 Å². The molecule has 0 amide bonds. The number of halogens is 1. The molecule has 0 spiro atoms. The van der Waals surface area contributed by atoms with E-state index in [1.807, 2.05) is 6.08 Å². The van der Waals surface area contributed by atoms with Gasteiger partial charge in [0.05, 0.1) is 0 Å². The highest BCUT2D eigenvalue weighted by atomic mass is 127. The number of hydrogen-bond acceptors (Lipinski definition) is 2. The molecular weight excluding hydrogens is 423 g/mol. The predicted octanol–water partition coefficient (Wildman–Crippen LogP) is 3.78. The zero-order chi connectivity index (χ0) is 16.8. The first-order valence-corrected chi connectivity index (χ1v) is 10.2. The fraction of sp³-hybridized carbons (Fsp3) is 0.850. The van der Waals surface area contributed by atoms with Crippen LogP contribution in [0.1, 0.15) is 58.3 Å². The van der Waals surface area contributed by atoms with Crippen LogP contribution in [-0.2, 0) is 0 Å². The van der Waals surface area contributed by atoms with Crippen LogP contribution < -0.4 is 10.6 Å². The zero-order valence-corrected chi connectivity index (χ0v) is 18.2. The fourth-order valence-electron chi connectivity index (χ4n) is 4.57. The van der Waals surface area contributed by atoms with Crippen molar-refractivity contribution in [2.24, 2.45) is 16.8 Å². The Hall–Kier alpha value is -0.300. The van der Waals surface area contributed by atoms with E-state index in [0.717, 1.165) is 44.0 Å². The molecule has 2 aliphatic carbocycles. The van der Waals surface area contributed by atoms with Gasteiger partial charge in [0, 0.05) is 38.3 Å². The van der Waals surface area contributed by atoms with E-state index in [1.165, 1.54) is 51.4 Å². The quantitative estimate of drug-likeness (QED) is 0.274. The molecule has 3 rings (SSSR count). The number of piperidine rings is 1. The van der Waals surface area contributed by atoms with Gasteiger partial charge in [0.15, 0.2) is 5.96 Å². The van der Waals surface area contributed by atoms with E-state index >= 15 is 0 Å². The second-order valence-electron chi connectivity index (χ2n) is 7.88. The minimum absolute atomic E-state index is 0. The zero-order valence-electron chi connectivity index (χ0n) is 15.9. The third kappa shape index (κ3) is 6.42. The van der Waals surface area contributed by atoms with Crippen molar-refractivity contribution in [3.8, 4) is 0 Å². The summed E-state index contributed by atoms with van der Waals surface area (Å²) in [4.78, 5) is 7.18. The molecule has 0 aromatic carbocycles. The van der Waals surface area contributed by atoms with Crippen LogP contribution >= 0.6 is 24.0 Å². The molecule has 1 aliphatic heterocycles. The first-order valence-electron chi connectivity index (χ1n) is 10.2. The van der Waals surface area contributed by atoms with Gasteiger partial charge < -0.3 is 10.6 Å². The smallest absolute Gasteiger partial charge is 0.191 e. The highest BCUT2D eigenvalue weighted by Gasteiger charge is 2.43. The normalized spacial score (nSPS) is 28.9. The van der Waals surface area contributed by atoms with Gasteiger partial charge in [-0.25, -0.2) is 0 Å². The molecule has 2 atom stereocenters. The second kappa shape index (κ2) is 10.8. The summed E-state index contributed by atoms with van der Waals surface area (Å²) in [6.07, 6.45) is 13.0. The van der Waals surface area contributed by atoms with Crippen LogP contribution in [0.25, 0.3) is 0 Å². The number of nitrogens with one attached hydrogen (secondary N) is 2. The van der Waals surface area contributed by atoms with Crippen LogP contribution in [0.5, 0.6) is 0 Å². The third-order valence-corrected chi connectivity index (χ3v) is 6.05. The summed E-state index contributed by atoms with van der Waals surface area (Å²) in [6.45, 7) is 10.2. The highest BCUT2D eigenvalue weighted by Crippen LogP contribution is 2.44. The lowest BCUT2D eigenvalue weighted by Gasteiger charge is -2.32. The van der Waals surface area contributed by atoms with E-state index < -0.39 is 0 Å². The van der Waals surface area contributed by atoms with Gasteiger partial charge in [-0.15, -0.1) is 30.6 Å². The van der Waals surface area contributed by atoms with E-state index in [1.54, 1.807) is 0 Å². The highest BCUT2D eigenvalue weighted by molar-refractivity contribution is 14.0. The van der Waals surface area contributed by atoms with Gasteiger partial charge in [-0.05, 0) is 38.0 Å². The number of likely N-dealkylation sites (tertiary alicyclic amines) is 1. The van der Waals surface area contributed by atoms with Gasteiger partial charge in [-0.3, -0.25) is 9.89 Å². The molecule has 0 bridgehead atoms. The number of nitrogens with zero attached hydrogens (tertiary/aromatic N) is 2. The fourth-order valence-corrected chi connectivity index (χ4v) is 4.57. The molecule has 0 aromatic heterocycles. The molecular formula is C20H37IN4. The molecule has 1 saturated heterocycles. The Morgan fingerprint density at radius 2 is 1.84 bits per heavy atom. The molecule has 5 heteroatoms. The molecule has 3 fully saturated rings. The summed E-state index contributed by atoms with van der Waals surface area (Å²) in [5.41, 5.74) is 0. The van der Waals surface area contributed by atoms with Gasteiger partial charge in [0.2, 0.25) is 0 Å². The molecule has 0 radical (unpaired) electrons. The molecule has 2 N–H and O–H groups in total. The van der Waals surface area contributed by atoms with Gasteiger partial charge in [0.1, 0.15) is 0 Å². The molecule has 0 aromatic rings. The Labute approximate surface area is 171 Å². The summed E-state index contributed by atoms with van der Waals surface area (Å²) in [6, 6.07) is 1.24. The maximum Gasteiger partial charge on any atom is 0.191 e. The lowest BCUT2D eigenvalue weighted by molar-refractivity contribution is 0.225. The van der Waals surface area contributed by atoms with Crippen LogP contribution in [-0.4, -0.2) is 49.1 Å². The monoisotopic (exact) mass is 460 g/mol. The van der Waals surface area contributed by atoms with Crippen LogP contribution in [0.3, 0.4) is 0 Å². The average molecular weight is 460 g/mol.